The second-order valence-electron chi connectivity index (χ2n) is 5.51. The lowest BCUT2D eigenvalue weighted by molar-refractivity contribution is 0.527. The maximum absolute atomic E-state index is 4.45. The Balaban J connectivity index is 1.63. The molecule has 1 heterocycles. The Morgan fingerprint density at radius 2 is 2.05 bits per heavy atom. The Labute approximate surface area is 124 Å². The maximum Gasteiger partial charge on any atom is 0.117 e. The highest BCUT2D eigenvalue weighted by Crippen LogP contribution is 2.27. The van der Waals surface area contributed by atoms with Crippen LogP contribution in [0.25, 0.3) is 10.9 Å². The van der Waals surface area contributed by atoms with Crippen LogP contribution in [0.5, 0.6) is 0 Å². The molecule has 0 radical (unpaired) electrons. The summed E-state index contributed by atoms with van der Waals surface area (Å²) in [5, 5.41) is 6.46. The van der Waals surface area contributed by atoms with E-state index in [1.807, 2.05) is 23.9 Å². The number of hydrogen-bond donors (Lipinski definition) is 1. The van der Waals surface area contributed by atoms with Crippen molar-refractivity contribution in [1.82, 2.24) is 15.3 Å². The number of nitrogens with one attached hydrogen (secondary N) is 1. The van der Waals surface area contributed by atoms with Gasteiger partial charge in [0.25, 0.3) is 0 Å². The van der Waals surface area contributed by atoms with E-state index in [2.05, 4.69) is 34.3 Å². The summed E-state index contributed by atoms with van der Waals surface area (Å²) >= 11 is 1.84. The van der Waals surface area contributed by atoms with Crippen molar-refractivity contribution in [2.45, 2.75) is 48.9 Å². The molecule has 1 saturated carbocycles. The average Bonchev–Trinajstić information content (AvgIpc) is 2.99. The van der Waals surface area contributed by atoms with Crippen molar-refractivity contribution in [3.63, 3.8) is 0 Å². The van der Waals surface area contributed by atoms with Crippen molar-refractivity contribution in [3.05, 3.63) is 30.6 Å². The molecule has 1 unspecified atom stereocenters. The van der Waals surface area contributed by atoms with E-state index in [0.29, 0.717) is 5.25 Å². The Morgan fingerprint density at radius 3 is 2.90 bits per heavy atom. The van der Waals surface area contributed by atoms with Gasteiger partial charge in [0.15, 0.2) is 0 Å². The van der Waals surface area contributed by atoms with Crippen molar-refractivity contribution >= 4 is 22.7 Å². The van der Waals surface area contributed by atoms with Gasteiger partial charge in [0.2, 0.25) is 0 Å². The van der Waals surface area contributed by atoms with Gasteiger partial charge in [-0.25, -0.2) is 9.97 Å². The third-order valence-electron chi connectivity index (χ3n) is 3.87. The fourth-order valence-corrected chi connectivity index (χ4v) is 3.74. The molecular formula is C16H21N3S. The molecule has 0 bridgehead atoms. The number of para-hydroxylation sites is 1. The molecular weight excluding hydrogens is 266 g/mol. The van der Waals surface area contributed by atoms with Crippen LogP contribution < -0.4 is 5.32 Å². The van der Waals surface area contributed by atoms with E-state index in [0.717, 1.165) is 28.5 Å². The number of rotatable bonds is 5. The summed E-state index contributed by atoms with van der Waals surface area (Å²) in [5.74, 6) is 0. The van der Waals surface area contributed by atoms with E-state index >= 15 is 0 Å². The van der Waals surface area contributed by atoms with Crippen molar-refractivity contribution in [2.24, 2.45) is 0 Å². The fourth-order valence-electron chi connectivity index (χ4n) is 2.77. The van der Waals surface area contributed by atoms with E-state index in [-0.39, 0.29) is 0 Å². The molecule has 0 amide bonds. The first kappa shape index (κ1) is 13.8. The molecule has 0 saturated heterocycles. The van der Waals surface area contributed by atoms with E-state index < -0.39 is 0 Å². The molecule has 1 aromatic heterocycles. The average molecular weight is 287 g/mol. The van der Waals surface area contributed by atoms with Crippen molar-refractivity contribution in [2.75, 3.05) is 6.54 Å². The molecule has 3 nitrogen and oxygen atoms in total. The van der Waals surface area contributed by atoms with Crippen LogP contribution in [0, 0.1) is 0 Å². The number of hydrogen-bond acceptors (Lipinski definition) is 4. The normalized spacial score (nSPS) is 17.6. The monoisotopic (exact) mass is 287 g/mol. The molecule has 20 heavy (non-hydrogen) atoms. The van der Waals surface area contributed by atoms with E-state index in [4.69, 9.17) is 0 Å². The molecule has 0 spiro atoms. The van der Waals surface area contributed by atoms with Gasteiger partial charge in [-0.3, -0.25) is 0 Å². The van der Waals surface area contributed by atoms with Gasteiger partial charge in [-0.05, 0) is 18.9 Å². The largest absolute Gasteiger partial charge is 0.313 e. The molecule has 1 fully saturated rings. The van der Waals surface area contributed by atoms with Crippen LogP contribution in [0.3, 0.4) is 0 Å². The molecule has 2 aromatic rings. The highest BCUT2D eigenvalue weighted by Gasteiger charge is 2.16. The van der Waals surface area contributed by atoms with Gasteiger partial charge in [0.1, 0.15) is 11.4 Å². The summed E-state index contributed by atoms with van der Waals surface area (Å²) in [6, 6.07) is 8.96. The Morgan fingerprint density at radius 1 is 1.25 bits per heavy atom. The van der Waals surface area contributed by atoms with Gasteiger partial charge in [-0.15, -0.1) is 11.8 Å². The number of fused-ring (bicyclic) bond motifs is 1. The number of aromatic nitrogens is 2. The molecule has 4 heteroatoms. The van der Waals surface area contributed by atoms with Crippen LogP contribution in [0.15, 0.2) is 35.6 Å². The minimum Gasteiger partial charge on any atom is -0.313 e. The zero-order valence-electron chi connectivity index (χ0n) is 11.9. The van der Waals surface area contributed by atoms with Gasteiger partial charge in [-0.2, -0.15) is 0 Å². The minimum absolute atomic E-state index is 0.522. The van der Waals surface area contributed by atoms with Gasteiger partial charge >= 0.3 is 0 Å². The SMILES string of the molecule is CC(CNC1CCCC1)Sc1ncnc2ccccc12. The summed E-state index contributed by atoms with van der Waals surface area (Å²) in [6.45, 7) is 3.32. The molecule has 1 aromatic carbocycles. The van der Waals surface area contributed by atoms with Crippen LogP contribution in [0.1, 0.15) is 32.6 Å². The van der Waals surface area contributed by atoms with Gasteiger partial charge in [-0.1, -0.05) is 38.0 Å². The molecule has 1 N–H and O–H groups in total. The second kappa shape index (κ2) is 6.55. The van der Waals surface area contributed by atoms with Gasteiger partial charge in [0, 0.05) is 23.2 Å². The van der Waals surface area contributed by atoms with Crippen LogP contribution in [-0.4, -0.2) is 27.8 Å². The zero-order valence-corrected chi connectivity index (χ0v) is 12.7. The van der Waals surface area contributed by atoms with Crippen LogP contribution in [0.4, 0.5) is 0 Å². The highest BCUT2D eigenvalue weighted by molar-refractivity contribution is 8.00. The van der Waals surface area contributed by atoms with Crippen LogP contribution in [0.2, 0.25) is 0 Å². The lowest BCUT2D eigenvalue weighted by atomic mass is 10.2. The summed E-state index contributed by atoms with van der Waals surface area (Å²) < 4.78 is 0. The molecule has 1 atom stereocenters. The summed E-state index contributed by atoms with van der Waals surface area (Å²) in [5.41, 5.74) is 1.03. The molecule has 3 rings (SSSR count). The van der Waals surface area contributed by atoms with Crippen molar-refractivity contribution in [3.8, 4) is 0 Å². The van der Waals surface area contributed by atoms with E-state index in [1.54, 1.807) is 6.33 Å². The quantitative estimate of drug-likeness (QED) is 0.673. The first-order valence-corrected chi connectivity index (χ1v) is 8.30. The van der Waals surface area contributed by atoms with Crippen molar-refractivity contribution < 1.29 is 0 Å². The first-order chi connectivity index (χ1) is 9.83. The first-order valence-electron chi connectivity index (χ1n) is 7.43. The standard InChI is InChI=1S/C16H21N3S/c1-12(10-17-13-6-2-3-7-13)20-16-14-8-4-5-9-15(14)18-11-19-16/h4-5,8-9,11-13,17H,2-3,6-7,10H2,1H3. The summed E-state index contributed by atoms with van der Waals surface area (Å²) in [7, 11) is 0. The molecule has 0 aliphatic heterocycles. The molecule has 1 aliphatic rings. The van der Waals surface area contributed by atoms with Gasteiger partial charge < -0.3 is 5.32 Å². The third kappa shape index (κ3) is 3.30. The Bertz CT molecular complexity index is 561. The number of nitrogens with zero attached hydrogens (tertiary/aromatic N) is 2. The maximum atomic E-state index is 4.45. The van der Waals surface area contributed by atoms with Crippen LogP contribution >= 0.6 is 11.8 Å². The summed E-state index contributed by atoms with van der Waals surface area (Å²) in [4.78, 5) is 8.77. The molecule has 1 aliphatic carbocycles. The predicted octanol–water partition coefficient (Wildman–Crippen LogP) is 3.64. The predicted molar refractivity (Wildman–Crippen MR) is 85.1 cm³/mol. The molecule has 106 valence electrons. The van der Waals surface area contributed by atoms with Crippen molar-refractivity contribution in [1.29, 1.82) is 0 Å². The second-order valence-corrected chi connectivity index (χ2v) is 6.94. The van der Waals surface area contributed by atoms with Crippen LogP contribution in [-0.2, 0) is 0 Å². The minimum atomic E-state index is 0.522. The van der Waals surface area contributed by atoms with E-state index in [9.17, 15) is 0 Å². The Kier molecular flexibility index (Phi) is 4.53. The third-order valence-corrected chi connectivity index (χ3v) is 4.99. The highest BCUT2D eigenvalue weighted by atomic mass is 32.2. The van der Waals surface area contributed by atoms with Gasteiger partial charge in [0.05, 0.1) is 5.52 Å². The lowest BCUT2D eigenvalue weighted by Gasteiger charge is -2.16. The fraction of sp³-hybridized carbons (Fsp3) is 0.500. The number of benzene rings is 1. The van der Waals surface area contributed by atoms with E-state index in [1.165, 1.54) is 25.7 Å². The smallest absolute Gasteiger partial charge is 0.117 e. The lowest BCUT2D eigenvalue weighted by Crippen LogP contribution is -2.31. The summed E-state index contributed by atoms with van der Waals surface area (Å²) in [6.07, 6.45) is 7.12. The number of thioether (sulfide) groups is 1. The topological polar surface area (TPSA) is 37.8 Å². The Hall–Kier alpha value is -1.13. The zero-order chi connectivity index (χ0) is 13.8.